The number of fused-ring (bicyclic) bond motifs is 1. The lowest BCUT2D eigenvalue weighted by Gasteiger charge is -2.37. The minimum Gasteiger partial charge on any atom is -0.462 e. The summed E-state index contributed by atoms with van der Waals surface area (Å²) in [7, 11) is 0. The number of nitrogens with zero attached hydrogens (tertiary/aromatic N) is 1. The van der Waals surface area contributed by atoms with E-state index in [9.17, 15) is 9.59 Å². The first-order valence-corrected chi connectivity index (χ1v) is 10.3. The maximum absolute atomic E-state index is 12.8. The monoisotopic (exact) mass is 372 g/mol. The Labute approximate surface area is 161 Å². The van der Waals surface area contributed by atoms with Crippen molar-refractivity contribution in [3.8, 4) is 0 Å². The van der Waals surface area contributed by atoms with Gasteiger partial charge in [-0.1, -0.05) is 30.3 Å². The molecule has 1 saturated heterocycles. The summed E-state index contributed by atoms with van der Waals surface area (Å²) in [6.45, 7) is 8.52. The lowest BCUT2D eigenvalue weighted by Crippen LogP contribution is -2.49. The smallest absolute Gasteiger partial charge is 0.310 e. The number of carbonyl (C=O) groups is 2. The molecule has 1 heterocycles. The Hall–Kier alpha value is -1.88. The fourth-order valence-electron chi connectivity index (χ4n) is 5.57. The van der Waals surface area contributed by atoms with Crippen LogP contribution in [0.2, 0.25) is 0 Å². The van der Waals surface area contributed by atoms with Gasteiger partial charge in [0.05, 0.1) is 24.9 Å². The van der Waals surface area contributed by atoms with Gasteiger partial charge in [0.1, 0.15) is 25.8 Å². The summed E-state index contributed by atoms with van der Waals surface area (Å²) in [5.41, 5.74) is 1.31. The van der Waals surface area contributed by atoms with Crippen molar-refractivity contribution in [3.05, 3.63) is 35.9 Å². The minimum atomic E-state index is -0.277. The van der Waals surface area contributed by atoms with Crippen molar-refractivity contribution in [2.24, 2.45) is 23.7 Å². The molecule has 0 radical (unpaired) electrons. The molecule has 5 atom stereocenters. The fourth-order valence-corrected chi connectivity index (χ4v) is 5.57. The van der Waals surface area contributed by atoms with Crippen LogP contribution >= 0.6 is 0 Å². The zero-order valence-corrected chi connectivity index (χ0v) is 16.3. The first-order valence-electron chi connectivity index (χ1n) is 10.3. The van der Waals surface area contributed by atoms with Crippen LogP contribution in [0.15, 0.2) is 30.3 Å². The van der Waals surface area contributed by atoms with Gasteiger partial charge >= 0.3 is 11.9 Å². The number of benzene rings is 1. The van der Waals surface area contributed by atoms with Crippen LogP contribution < -0.4 is 0 Å². The molecule has 0 amide bonds. The number of esters is 2. The Morgan fingerprint density at radius 3 is 2.63 bits per heavy atom. The highest BCUT2D eigenvalue weighted by Gasteiger charge is 2.64. The summed E-state index contributed by atoms with van der Waals surface area (Å²) in [5, 5.41) is 0. The number of hydrogen-bond donors (Lipinski definition) is 0. The van der Waals surface area contributed by atoms with Gasteiger partial charge in [0.15, 0.2) is 0 Å². The second-order valence-electron chi connectivity index (χ2n) is 8.43. The van der Waals surface area contributed by atoms with Gasteiger partial charge in [-0.05, 0) is 32.6 Å². The molecule has 4 rings (SSSR count). The summed E-state index contributed by atoms with van der Waals surface area (Å²) in [4.78, 5) is 24.9. The first kappa shape index (κ1) is 18.5. The van der Waals surface area contributed by atoms with E-state index in [4.69, 9.17) is 9.47 Å². The predicted octanol–water partition coefficient (Wildman–Crippen LogP) is 2.78. The second kappa shape index (κ2) is 7.27. The van der Waals surface area contributed by atoms with Crippen molar-refractivity contribution in [1.29, 1.82) is 0 Å². The lowest BCUT2D eigenvalue weighted by molar-refractivity contribution is -0.937. The lowest BCUT2D eigenvalue weighted by atomic mass is 9.80. The zero-order chi connectivity index (χ0) is 19.0. The number of quaternary nitrogens is 1. The van der Waals surface area contributed by atoms with Gasteiger partial charge in [-0.3, -0.25) is 9.59 Å². The first-order chi connectivity index (χ1) is 13.1. The van der Waals surface area contributed by atoms with Crippen molar-refractivity contribution in [3.63, 3.8) is 0 Å². The van der Waals surface area contributed by atoms with E-state index in [-0.39, 0.29) is 41.7 Å². The number of carbonyl (C=O) groups excluding carboxylic acids is 2. The van der Waals surface area contributed by atoms with Crippen molar-refractivity contribution in [1.82, 2.24) is 0 Å². The third kappa shape index (κ3) is 3.27. The highest BCUT2D eigenvalue weighted by molar-refractivity contribution is 5.85. The van der Waals surface area contributed by atoms with Gasteiger partial charge in [-0.15, -0.1) is 0 Å². The molecule has 1 aliphatic heterocycles. The van der Waals surface area contributed by atoms with E-state index in [1.165, 1.54) is 5.56 Å². The molecule has 3 fully saturated rings. The molecule has 146 valence electrons. The largest absolute Gasteiger partial charge is 0.462 e. The Kier molecular flexibility index (Phi) is 4.97. The van der Waals surface area contributed by atoms with Gasteiger partial charge in [0, 0.05) is 11.5 Å². The SMILES string of the molecule is CC[N+](CC)(CCOC(=O)[C@H]1[C@H]2C[C@@H]3[C@@H]1C(=O)O[C@@H]3C2)Cc1ccccc1. The van der Waals surface area contributed by atoms with E-state index in [1.807, 2.05) is 6.07 Å². The van der Waals surface area contributed by atoms with E-state index in [0.717, 1.165) is 43.5 Å². The number of hydrogen-bond acceptors (Lipinski definition) is 4. The van der Waals surface area contributed by atoms with Crippen LogP contribution in [0.1, 0.15) is 32.3 Å². The minimum absolute atomic E-state index is 0.0620. The van der Waals surface area contributed by atoms with E-state index >= 15 is 0 Å². The molecule has 2 bridgehead atoms. The van der Waals surface area contributed by atoms with Crippen LogP contribution in [0.3, 0.4) is 0 Å². The van der Waals surface area contributed by atoms with Crippen molar-refractivity contribution >= 4 is 11.9 Å². The molecular weight excluding hydrogens is 342 g/mol. The van der Waals surface area contributed by atoms with Crippen molar-refractivity contribution < 1.29 is 23.5 Å². The van der Waals surface area contributed by atoms with Crippen LogP contribution in [0.5, 0.6) is 0 Å². The molecule has 1 aromatic carbocycles. The van der Waals surface area contributed by atoms with Gasteiger partial charge in [0.2, 0.25) is 0 Å². The molecular formula is C22H30NO4+. The van der Waals surface area contributed by atoms with E-state index in [0.29, 0.717) is 6.61 Å². The molecule has 27 heavy (non-hydrogen) atoms. The maximum Gasteiger partial charge on any atom is 0.310 e. The Morgan fingerprint density at radius 2 is 1.93 bits per heavy atom. The molecule has 0 aromatic heterocycles. The normalized spacial score (nSPS) is 31.2. The molecule has 0 spiro atoms. The number of likely N-dealkylation sites (N-methyl/N-ethyl adjacent to an activating group) is 1. The third-order valence-electron chi connectivity index (χ3n) is 7.27. The molecule has 3 aliphatic rings. The van der Waals surface area contributed by atoms with E-state index in [2.05, 4.69) is 38.1 Å². The molecule has 5 heteroatoms. The Balaban J connectivity index is 1.35. The third-order valence-corrected chi connectivity index (χ3v) is 7.27. The molecule has 0 unspecified atom stereocenters. The summed E-state index contributed by atoms with van der Waals surface area (Å²) < 4.78 is 12.0. The van der Waals surface area contributed by atoms with Gasteiger partial charge in [-0.25, -0.2) is 0 Å². The Morgan fingerprint density at radius 1 is 1.19 bits per heavy atom. The standard InChI is InChI=1S/C22H30NO4/c1-3-23(4-2,14-15-8-6-5-7-9-15)10-11-26-21(24)19-16-12-17-18(13-16)27-22(25)20(17)19/h5-9,16-20H,3-4,10-14H2,1-2H3/q+1/t16-,17-,18+,19-,20-/m0/s1. The maximum atomic E-state index is 12.8. The van der Waals surface area contributed by atoms with Crippen LogP contribution in [-0.4, -0.2) is 48.8 Å². The average Bonchev–Trinajstić information content (AvgIpc) is 3.30. The quantitative estimate of drug-likeness (QED) is 0.520. The van der Waals surface area contributed by atoms with Gasteiger partial charge < -0.3 is 14.0 Å². The second-order valence-corrected chi connectivity index (χ2v) is 8.43. The summed E-state index contributed by atoms with van der Waals surface area (Å²) in [6.07, 6.45) is 1.84. The van der Waals surface area contributed by atoms with Gasteiger partial charge in [0.25, 0.3) is 0 Å². The Bertz CT molecular complexity index is 698. The molecule has 2 saturated carbocycles. The van der Waals surface area contributed by atoms with E-state index < -0.39 is 0 Å². The van der Waals surface area contributed by atoms with Crippen LogP contribution in [0.4, 0.5) is 0 Å². The summed E-state index contributed by atoms with van der Waals surface area (Å²) >= 11 is 0. The topological polar surface area (TPSA) is 52.6 Å². The zero-order valence-electron chi connectivity index (χ0n) is 16.3. The summed E-state index contributed by atoms with van der Waals surface area (Å²) in [5.74, 6) is -0.370. The number of rotatable bonds is 8. The summed E-state index contributed by atoms with van der Waals surface area (Å²) in [6, 6.07) is 10.5. The fraction of sp³-hybridized carbons (Fsp3) is 0.636. The molecule has 2 aliphatic carbocycles. The predicted molar refractivity (Wildman–Crippen MR) is 100 cm³/mol. The van der Waals surface area contributed by atoms with Crippen molar-refractivity contribution in [2.45, 2.75) is 39.3 Å². The number of ether oxygens (including phenoxy) is 2. The molecule has 1 aromatic rings. The molecule has 5 nitrogen and oxygen atoms in total. The average molecular weight is 372 g/mol. The van der Waals surface area contributed by atoms with Crippen LogP contribution in [-0.2, 0) is 25.6 Å². The highest BCUT2D eigenvalue weighted by atomic mass is 16.6. The van der Waals surface area contributed by atoms with E-state index in [1.54, 1.807) is 0 Å². The highest BCUT2D eigenvalue weighted by Crippen LogP contribution is 2.57. The van der Waals surface area contributed by atoms with Crippen LogP contribution in [0, 0.1) is 23.7 Å². The van der Waals surface area contributed by atoms with Crippen molar-refractivity contribution in [2.75, 3.05) is 26.2 Å². The van der Waals surface area contributed by atoms with Gasteiger partial charge in [-0.2, -0.15) is 0 Å². The van der Waals surface area contributed by atoms with Crippen LogP contribution in [0.25, 0.3) is 0 Å². The molecule has 0 N–H and O–H groups in total.